The molecule has 0 bridgehead atoms. The van der Waals surface area contributed by atoms with Crippen molar-refractivity contribution in [1.29, 1.82) is 0 Å². The summed E-state index contributed by atoms with van der Waals surface area (Å²) in [6.07, 6.45) is 1.16. The van der Waals surface area contributed by atoms with Gasteiger partial charge in [0.25, 0.3) is 5.91 Å². The first-order valence-electron chi connectivity index (χ1n) is 8.68. The van der Waals surface area contributed by atoms with Crippen LogP contribution >= 0.6 is 11.6 Å². The molecule has 138 valence electrons. The largest absolute Gasteiger partial charge is 0.379 e. The average molecular weight is 377 g/mol. The first kappa shape index (κ1) is 18.8. The van der Waals surface area contributed by atoms with Crippen molar-refractivity contribution in [3.8, 4) is 0 Å². The lowest BCUT2D eigenvalue weighted by Crippen LogP contribution is -2.57. The van der Waals surface area contributed by atoms with Crippen LogP contribution in [-0.2, 0) is 17.9 Å². The molecule has 1 fully saturated rings. The van der Waals surface area contributed by atoms with Crippen molar-refractivity contribution < 1.29 is 14.3 Å². The Morgan fingerprint density at radius 3 is 2.46 bits per heavy atom. The van der Waals surface area contributed by atoms with Crippen molar-refractivity contribution in [2.75, 3.05) is 13.1 Å². The van der Waals surface area contributed by atoms with E-state index in [1.54, 1.807) is 17.0 Å². The molecule has 0 spiro atoms. The zero-order valence-electron chi connectivity index (χ0n) is 14.4. The van der Waals surface area contributed by atoms with Crippen LogP contribution in [0.15, 0.2) is 48.5 Å². The molecule has 6 heteroatoms. The van der Waals surface area contributed by atoms with Crippen LogP contribution in [0.2, 0.25) is 5.02 Å². The normalized spacial score (nSPS) is 20.4. The van der Waals surface area contributed by atoms with Crippen LogP contribution in [0.4, 0.5) is 4.39 Å². The summed E-state index contributed by atoms with van der Waals surface area (Å²) in [4.78, 5) is 14.4. The number of hydrogen-bond acceptors (Lipinski definition) is 3. The predicted molar refractivity (Wildman–Crippen MR) is 99.2 cm³/mol. The molecule has 0 aromatic heterocycles. The topological polar surface area (TPSA) is 52.6 Å². The fraction of sp³-hybridized carbons (Fsp3) is 0.350. The van der Waals surface area contributed by atoms with E-state index in [-0.39, 0.29) is 18.3 Å². The van der Waals surface area contributed by atoms with E-state index >= 15 is 0 Å². The Kier molecular flexibility index (Phi) is 5.91. The van der Waals surface area contributed by atoms with Gasteiger partial charge in [-0.3, -0.25) is 4.79 Å². The second-order valence-corrected chi connectivity index (χ2v) is 7.15. The van der Waals surface area contributed by atoms with Crippen molar-refractivity contribution in [2.24, 2.45) is 0 Å². The second kappa shape index (κ2) is 8.16. The molecule has 0 aliphatic carbocycles. The minimum atomic E-state index is -1.41. The van der Waals surface area contributed by atoms with Gasteiger partial charge in [-0.25, -0.2) is 4.39 Å². The van der Waals surface area contributed by atoms with Gasteiger partial charge >= 0.3 is 0 Å². The fourth-order valence-electron chi connectivity index (χ4n) is 3.21. The lowest BCUT2D eigenvalue weighted by atomic mass is 9.91. The Labute approximate surface area is 157 Å². The number of hydrogen-bond donors (Lipinski definition) is 2. The number of aliphatic hydroxyl groups is 1. The molecule has 1 heterocycles. The van der Waals surface area contributed by atoms with Gasteiger partial charge in [-0.2, -0.15) is 0 Å². The van der Waals surface area contributed by atoms with Gasteiger partial charge in [0.15, 0.2) is 5.60 Å². The molecule has 2 aromatic rings. The molecule has 1 amide bonds. The van der Waals surface area contributed by atoms with Crippen LogP contribution in [0.5, 0.6) is 0 Å². The molecular formula is C20H22ClFN2O2. The van der Waals surface area contributed by atoms with E-state index in [0.29, 0.717) is 31.1 Å². The Morgan fingerprint density at radius 1 is 1.12 bits per heavy atom. The maximum absolute atomic E-state index is 13.0. The monoisotopic (exact) mass is 376 g/mol. The highest BCUT2D eigenvalue weighted by Crippen LogP contribution is 2.24. The van der Waals surface area contributed by atoms with Crippen LogP contribution in [0, 0.1) is 5.82 Å². The van der Waals surface area contributed by atoms with Crippen molar-refractivity contribution in [1.82, 2.24) is 10.2 Å². The molecule has 1 aliphatic heterocycles. The number of nitrogens with zero attached hydrogens (tertiary/aromatic N) is 1. The highest BCUT2D eigenvalue weighted by molar-refractivity contribution is 6.30. The number of carbonyl (C=O) groups excluding carboxylic acids is 1. The van der Waals surface area contributed by atoms with Crippen molar-refractivity contribution in [3.05, 3.63) is 70.5 Å². The molecule has 26 heavy (non-hydrogen) atoms. The predicted octanol–water partition coefficient (Wildman–Crippen LogP) is 3.12. The fourth-order valence-corrected chi connectivity index (χ4v) is 3.33. The molecule has 0 unspecified atom stereocenters. The number of piperidine rings is 1. The number of rotatable bonds is 6. The van der Waals surface area contributed by atoms with Crippen molar-refractivity contribution >= 4 is 17.5 Å². The maximum atomic E-state index is 13.0. The van der Waals surface area contributed by atoms with Crippen LogP contribution < -0.4 is 5.32 Å². The van der Waals surface area contributed by atoms with Gasteiger partial charge < -0.3 is 15.3 Å². The van der Waals surface area contributed by atoms with Gasteiger partial charge in [0.1, 0.15) is 5.82 Å². The number of amides is 1. The van der Waals surface area contributed by atoms with E-state index in [1.807, 2.05) is 24.3 Å². The summed E-state index contributed by atoms with van der Waals surface area (Å²) in [6, 6.07) is 13.5. The third-order valence-corrected chi connectivity index (χ3v) is 4.90. The lowest BCUT2D eigenvalue weighted by Gasteiger charge is -2.38. The Hall–Kier alpha value is -1.95. The van der Waals surface area contributed by atoms with E-state index in [2.05, 4.69) is 5.32 Å². The van der Waals surface area contributed by atoms with Crippen LogP contribution in [0.3, 0.4) is 0 Å². The van der Waals surface area contributed by atoms with E-state index in [9.17, 15) is 14.3 Å². The van der Waals surface area contributed by atoms with E-state index in [4.69, 9.17) is 11.6 Å². The summed E-state index contributed by atoms with van der Waals surface area (Å²) in [6.45, 7) is 1.70. The van der Waals surface area contributed by atoms with E-state index in [1.165, 1.54) is 12.1 Å². The van der Waals surface area contributed by atoms with Gasteiger partial charge in [0.05, 0.1) is 0 Å². The van der Waals surface area contributed by atoms with Gasteiger partial charge in [-0.05, 0) is 48.2 Å². The van der Waals surface area contributed by atoms with Gasteiger partial charge in [-0.15, -0.1) is 0 Å². The first-order valence-corrected chi connectivity index (χ1v) is 9.05. The van der Waals surface area contributed by atoms with E-state index in [0.717, 1.165) is 17.5 Å². The van der Waals surface area contributed by atoms with Gasteiger partial charge in [-0.1, -0.05) is 35.9 Å². The molecule has 1 atom stereocenters. The molecule has 1 saturated heterocycles. The number of nitrogens with one attached hydrogen (secondary N) is 1. The minimum Gasteiger partial charge on any atom is -0.379 e. The van der Waals surface area contributed by atoms with E-state index < -0.39 is 5.60 Å². The summed E-state index contributed by atoms with van der Waals surface area (Å²) in [5.41, 5.74) is 0.465. The molecule has 0 radical (unpaired) electrons. The quantitative estimate of drug-likeness (QED) is 0.814. The minimum absolute atomic E-state index is 0.189. The summed E-state index contributed by atoms with van der Waals surface area (Å²) < 4.78 is 13.0. The number of carbonyl (C=O) groups is 1. The molecule has 1 aliphatic rings. The maximum Gasteiger partial charge on any atom is 0.256 e. The van der Waals surface area contributed by atoms with Crippen LogP contribution in [0.25, 0.3) is 0 Å². The Balaban J connectivity index is 1.58. The Bertz CT molecular complexity index is 751. The standard InChI is InChI=1S/C20H22ClFN2O2/c21-17-6-2-15(3-7-17)12-23-14-20(26)10-1-11-24(19(20)25)13-16-4-8-18(22)9-5-16/h2-9,23,26H,1,10-14H2/t20-/m0/s1. The zero-order valence-corrected chi connectivity index (χ0v) is 15.2. The van der Waals surface area contributed by atoms with Gasteiger partial charge in [0.2, 0.25) is 0 Å². The molecule has 0 saturated carbocycles. The zero-order chi connectivity index (χ0) is 18.6. The molecule has 2 N–H and O–H groups in total. The summed E-state index contributed by atoms with van der Waals surface area (Å²) >= 11 is 5.87. The van der Waals surface area contributed by atoms with Crippen LogP contribution in [-0.4, -0.2) is 34.6 Å². The molecular weight excluding hydrogens is 355 g/mol. The number of likely N-dealkylation sites (tertiary alicyclic amines) is 1. The summed E-state index contributed by atoms with van der Waals surface area (Å²) in [5, 5.41) is 14.7. The third-order valence-electron chi connectivity index (χ3n) is 4.65. The number of halogens is 2. The summed E-state index contributed by atoms with van der Waals surface area (Å²) in [7, 11) is 0. The SMILES string of the molecule is O=C1N(Cc2ccc(F)cc2)CCC[C@]1(O)CNCc1ccc(Cl)cc1. The number of benzene rings is 2. The molecule has 3 rings (SSSR count). The second-order valence-electron chi connectivity index (χ2n) is 6.72. The van der Waals surface area contributed by atoms with Crippen LogP contribution in [0.1, 0.15) is 24.0 Å². The average Bonchev–Trinajstić information content (AvgIpc) is 2.63. The lowest BCUT2D eigenvalue weighted by molar-refractivity contribution is -0.157. The van der Waals surface area contributed by atoms with Gasteiger partial charge in [0, 0.05) is 31.2 Å². The summed E-state index contributed by atoms with van der Waals surface area (Å²) in [5.74, 6) is -0.585. The third kappa shape index (κ3) is 4.61. The molecule has 2 aromatic carbocycles. The Morgan fingerprint density at radius 2 is 1.77 bits per heavy atom. The smallest absolute Gasteiger partial charge is 0.256 e. The molecule has 4 nitrogen and oxygen atoms in total. The first-order chi connectivity index (χ1) is 12.5. The van der Waals surface area contributed by atoms with Crippen molar-refractivity contribution in [2.45, 2.75) is 31.5 Å². The van der Waals surface area contributed by atoms with Crippen molar-refractivity contribution in [3.63, 3.8) is 0 Å². The highest BCUT2D eigenvalue weighted by Gasteiger charge is 2.41. The highest BCUT2D eigenvalue weighted by atomic mass is 35.5.